The van der Waals surface area contributed by atoms with Gasteiger partial charge in [0.1, 0.15) is 0 Å². The summed E-state index contributed by atoms with van der Waals surface area (Å²) in [5.41, 5.74) is 2.93. The number of ether oxygens (including phenoxy) is 1. The molecular weight excluding hydrogens is 300 g/mol. The van der Waals surface area contributed by atoms with E-state index in [-0.39, 0.29) is 0 Å². The minimum absolute atomic E-state index is 0.604. The molecular formula is C19H22N4O. The van der Waals surface area contributed by atoms with Crippen LogP contribution in [0.25, 0.3) is 0 Å². The van der Waals surface area contributed by atoms with E-state index in [1.165, 1.54) is 5.56 Å². The molecule has 0 aliphatic carbocycles. The minimum atomic E-state index is 0.604. The molecule has 5 nitrogen and oxygen atoms in total. The Labute approximate surface area is 143 Å². The largest absolute Gasteiger partial charge is 0.375 e. The van der Waals surface area contributed by atoms with Crippen LogP contribution in [0.3, 0.4) is 0 Å². The van der Waals surface area contributed by atoms with Crippen molar-refractivity contribution in [3.63, 3.8) is 0 Å². The Morgan fingerprint density at radius 2 is 1.79 bits per heavy atom. The molecule has 5 heteroatoms. The Balaban J connectivity index is 1.64. The Bertz CT molecular complexity index is 675. The van der Waals surface area contributed by atoms with E-state index in [1.54, 1.807) is 7.05 Å². The van der Waals surface area contributed by atoms with Crippen molar-refractivity contribution in [2.24, 2.45) is 4.99 Å². The summed E-state index contributed by atoms with van der Waals surface area (Å²) in [6.45, 7) is 2.54. The van der Waals surface area contributed by atoms with Gasteiger partial charge in [0, 0.05) is 20.1 Å². The average molecular weight is 322 g/mol. The van der Waals surface area contributed by atoms with E-state index in [2.05, 4.69) is 21.7 Å². The number of nitriles is 1. The second kappa shape index (κ2) is 10.0. The summed E-state index contributed by atoms with van der Waals surface area (Å²) in [6, 6.07) is 19.7. The quantitative estimate of drug-likeness (QED) is 0.467. The zero-order chi connectivity index (χ0) is 17.0. The number of hydrogen-bond acceptors (Lipinski definition) is 3. The number of guanidine groups is 1. The van der Waals surface area contributed by atoms with Crippen LogP contribution in [-0.4, -0.2) is 26.2 Å². The lowest BCUT2D eigenvalue weighted by atomic mass is 10.1. The fourth-order valence-corrected chi connectivity index (χ4v) is 2.11. The number of hydrogen-bond donors (Lipinski definition) is 2. The first-order valence-corrected chi connectivity index (χ1v) is 7.87. The van der Waals surface area contributed by atoms with Crippen LogP contribution in [0.1, 0.15) is 16.7 Å². The van der Waals surface area contributed by atoms with Crippen LogP contribution in [0.15, 0.2) is 59.6 Å². The van der Waals surface area contributed by atoms with Gasteiger partial charge in [0.2, 0.25) is 0 Å². The highest BCUT2D eigenvalue weighted by Crippen LogP contribution is 2.02. The summed E-state index contributed by atoms with van der Waals surface area (Å²) in [5, 5.41) is 15.2. The SMILES string of the molecule is CN=C(NCCOCc1ccccc1)NCc1ccc(C#N)cc1. The maximum absolute atomic E-state index is 8.79. The molecule has 0 aromatic heterocycles. The van der Waals surface area contributed by atoms with Crippen LogP contribution < -0.4 is 10.6 Å². The summed E-state index contributed by atoms with van der Waals surface area (Å²) >= 11 is 0. The van der Waals surface area contributed by atoms with Crippen LogP contribution in [0.2, 0.25) is 0 Å². The van der Waals surface area contributed by atoms with Gasteiger partial charge in [-0.2, -0.15) is 5.26 Å². The molecule has 124 valence electrons. The molecule has 0 aliphatic heterocycles. The van der Waals surface area contributed by atoms with Gasteiger partial charge < -0.3 is 15.4 Å². The van der Waals surface area contributed by atoms with Gasteiger partial charge in [0.15, 0.2) is 5.96 Å². The standard InChI is InChI=1S/C19H22N4O/c1-21-19(23-14-17-9-7-16(13-20)8-10-17)22-11-12-24-15-18-5-3-2-4-6-18/h2-10H,11-12,14-15H2,1H3,(H2,21,22,23). The lowest BCUT2D eigenvalue weighted by molar-refractivity contribution is 0.125. The van der Waals surface area contributed by atoms with Gasteiger partial charge in [0.25, 0.3) is 0 Å². The number of nitrogens with zero attached hydrogens (tertiary/aromatic N) is 2. The van der Waals surface area contributed by atoms with Crippen molar-refractivity contribution in [1.82, 2.24) is 10.6 Å². The van der Waals surface area contributed by atoms with Crippen LogP contribution in [0, 0.1) is 11.3 Å². The third-order valence-electron chi connectivity index (χ3n) is 3.42. The zero-order valence-electron chi connectivity index (χ0n) is 13.8. The monoisotopic (exact) mass is 322 g/mol. The van der Waals surface area contributed by atoms with Gasteiger partial charge in [-0.15, -0.1) is 0 Å². The lowest BCUT2D eigenvalue weighted by Gasteiger charge is -2.12. The average Bonchev–Trinajstić information content (AvgIpc) is 2.65. The molecule has 2 rings (SSSR count). The fourth-order valence-electron chi connectivity index (χ4n) is 2.11. The minimum Gasteiger partial charge on any atom is -0.375 e. The van der Waals surface area contributed by atoms with Crippen LogP contribution in [-0.2, 0) is 17.9 Å². The molecule has 0 saturated heterocycles. The second-order valence-corrected chi connectivity index (χ2v) is 5.20. The molecule has 24 heavy (non-hydrogen) atoms. The first kappa shape index (κ1) is 17.5. The fraction of sp³-hybridized carbons (Fsp3) is 0.263. The molecule has 0 bridgehead atoms. The highest BCUT2D eigenvalue weighted by atomic mass is 16.5. The zero-order valence-corrected chi connectivity index (χ0v) is 13.8. The molecule has 0 fully saturated rings. The summed E-state index contributed by atoms with van der Waals surface area (Å²) in [5.74, 6) is 0.725. The number of nitrogens with one attached hydrogen (secondary N) is 2. The maximum Gasteiger partial charge on any atom is 0.191 e. The molecule has 2 aromatic rings. The van der Waals surface area contributed by atoms with Crippen molar-refractivity contribution < 1.29 is 4.74 Å². The smallest absolute Gasteiger partial charge is 0.191 e. The summed E-state index contributed by atoms with van der Waals surface area (Å²) in [4.78, 5) is 4.18. The van der Waals surface area contributed by atoms with Gasteiger partial charge in [0.05, 0.1) is 24.8 Å². The molecule has 0 atom stereocenters. The highest BCUT2D eigenvalue weighted by Gasteiger charge is 1.99. The molecule has 0 heterocycles. The molecule has 2 N–H and O–H groups in total. The molecule has 0 saturated carbocycles. The van der Waals surface area contributed by atoms with E-state index in [4.69, 9.17) is 10.00 Å². The van der Waals surface area contributed by atoms with Gasteiger partial charge in [-0.25, -0.2) is 0 Å². The molecule has 0 unspecified atom stereocenters. The number of aliphatic imine (C=N–C) groups is 1. The maximum atomic E-state index is 8.79. The van der Waals surface area contributed by atoms with Crippen molar-refractivity contribution in [2.75, 3.05) is 20.2 Å². The summed E-state index contributed by atoms with van der Waals surface area (Å²) in [7, 11) is 1.74. The Morgan fingerprint density at radius 1 is 1.04 bits per heavy atom. The third-order valence-corrected chi connectivity index (χ3v) is 3.42. The predicted octanol–water partition coefficient (Wildman–Crippen LogP) is 2.44. The first-order valence-electron chi connectivity index (χ1n) is 7.87. The molecule has 2 aromatic carbocycles. The van der Waals surface area contributed by atoms with Crippen LogP contribution >= 0.6 is 0 Å². The molecule has 0 aliphatic rings. The molecule has 0 amide bonds. The Morgan fingerprint density at radius 3 is 2.46 bits per heavy atom. The number of rotatable bonds is 7. The second-order valence-electron chi connectivity index (χ2n) is 5.20. The summed E-state index contributed by atoms with van der Waals surface area (Å²) in [6.07, 6.45) is 0. The number of benzene rings is 2. The normalized spacial score (nSPS) is 10.9. The summed E-state index contributed by atoms with van der Waals surface area (Å²) < 4.78 is 5.63. The van der Waals surface area contributed by atoms with E-state index >= 15 is 0 Å². The van der Waals surface area contributed by atoms with Gasteiger partial charge >= 0.3 is 0 Å². The Kier molecular flexibility index (Phi) is 7.32. The van der Waals surface area contributed by atoms with E-state index < -0.39 is 0 Å². The first-order chi connectivity index (χ1) is 11.8. The van der Waals surface area contributed by atoms with Crippen molar-refractivity contribution in [2.45, 2.75) is 13.2 Å². The van der Waals surface area contributed by atoms with Gasteiger partial charge in [-0.05, 0) is 23.3 Å². The van der Waals surface area contributed by atoms with E-state index in [0.29, 0.717) is 31.9 Å². The van der Waals surface area contributed by atoms with Crippen molar-refractivity contribution in [3.05, 3.63) is 71.3 Å². The highest BCUT2D eigenvalue weighted by molar-refractivity contribution is 5.79. The third kappa shape index (κ3) is 6.11. The van der Waals surface area contributed by atoms with E-state index in [1.807, 2.05) is 54.6 Å². The molecule has 0 spiro atoms. The van der Waals surface area contributed by atoms with Crippen molar-refractivity contribution in [1.29, 1.82) is 5.26 Å². The van der Waals surface area contributed by atoms with Gasteiger partial charge in [-0.1, -0.05) is 42.5 Å². The molecule has 0 radical (unpaired) electrons. The topological polar surface area (TPSA) is 69.4 Å². The lowest BCUT2D eigenvalue weighted by Crippen LogP contribution is -2.38. The van der Waals surface area contributed by atoms with Crippen LogP contribution in [0.5, 0.6) is 0 Å². The van der Waals surface area contributed by atoms with Crippen molar-refractivity contribution in [3.8, 4) is 6.07 Å². The Hall–Kier alpha value is -2.84. The predicted molar refractivity (Wildman–Crippen MR) is 95.5 cm³/mol. The van der Waals surface area contributed by atoms with E-state index in [9.17, 15) is 0 Å². The van der Waals surface area contributed by atoms with E-state index in [0.717, 1.165) is 11.5 Å². The van der Waals surface area contributed by atoms with Gasteiger partial charge in [-0.3, -0.25) is 4.99 Å². The van der Waals surface area contributed by atoms with Crippen LogP contribution in [0.4, 0.5) is 0 Å². The van der Waals surface area contributed by atoms with Crippen molar-refractivity contribution >= 4 is 5.96 Å².